The van der Waals surface area contributed by atoms with Crippen LogP contribution in [0, 0.1) is 6.92 Å². The second-order valence-electron chi connectivity index (χ2n) is 4.87. The van der Waals surface area contributed by atoms with Gasteiger partial charge in [-0.1, -0.05) is 69.8 Å². The second kappa shape index (κ2) is 14.5. The number of unbranched alkanes of at least 4 members (excludes halogenated alkanes) is 7. The first-order valence-corrected chi connectivity index (χ1v) is 7.52. The Bertz CT molecular complexity index is 206. The van der Waals surface area contributed by atoms with Gasteiger partial charge in [-0.3, -0.25) is 0 Å². The van der Waals surface area contributed by atoms with Crippen LogP contribution in [-0.2, 0) is 0 Å². The van der Waals surface area contributed by atoms with Crippen molar-refractivity contribution in [1.29, 1.82) is 0 Å². The van der Waals surface area contributed by atoms with Gasteiger partial charge in [0, 0.05) is 0 Å². The topological polar surface area (TPSA) is 20.2 Å². The van der Waals surface area contributed by atoms with Crippen LogP contribution in [0.5, 0.6) is 0 Å². The lowest BCUT2D eigenvalue weighted by Crippen LogP contribution is -2.01. The maximum atomic E-state index is 9.70. The first kappa shape index (κ1) is 17.4. The first-order valence-electron chi connectivity index (χ1n) is 7.52. The van der Waals surface area contributed by atoms with E-state index in [9.17, 15) is 5.11 Å². The lowest BCUT2D eigenvalue weighted by atomic mass is 10.1. The summed E-state index contributed by atoms with van der Waals surface area (Å²) in [5.41, 5.74) is 0. The van der Waals surface area contributed by atoms with Gasteiger partial charge in [-0.15, -0.1) is 0 Å². The Morgan fingerprint density at radius 3 is 2.50 bits per heavy atom. The lowest BCUT2D eigenvalue weighted by Gasteiger charge is -2.04. The fraction of sp³-hybridized carbons (Fsp3) is 0.706. The van der Waals surface area contributed by atoms with Crippen molar-refractivity contribution in [2.45, 2.75) is 77.2 Å². The number of hydrogen-bond acceptors (Lipinski definition) is 1. The zero-order valence-electron chi connectivity index (χ0n) is 12.0. The molecule has 0 aromatic carbocycles. The Balaban J connectivity index is 3.40. The molecule has 18 heavy (non-hydrogen) atoms. The summed E-state index contributed by atoms with van der Waals surface area (Å²) in [4.78, 5) is 0. The average Bonchev–Trinajstić information content (AvgIpc) is 2.37. The maximum Gasteiger partial charge on any atom is 0.0723 e. The van der Waals surface area contributed by atoms with Crippen LogP contribution in [0.4, 0.5) is 0 Å². The number of hydrogen-bond donors (Lipinski definition) is 1. The monoisotopic (exact) mass is 250 g/mol. The fourth-order valence-electron chi connectivity index (χ4n) is 1.83. The molecule has 0 aliphatic heterocycles. The van der Waals surface area contributed by atoms with Gasteiger partial charge in [0.1, 0.15) is 0 Å². The Labute approximate surface area is 114 Å². The summed E-state index contributed by atoms with van der Waals surface area (Å²) < 4.78 is 0. The predicted octanol–water partition coefficient (Wildman–Crippen LogP) is 5.09. The average molecular weight is 250 g/mol. The Morgan fingerprint density at radius 2 is 1.78 bits per heavy atom. The summed E-state index contributed by atoms with van der Waals surface area (Å²) in [6.07, 6.45) is 19.0. The van der Waals surface area contributed by atoms with Gasteiger partial charge in [0.05, 0.1) is 6.10 Å². The molecule has 0 aromatic rings. The highest BCUT2D eigenvalue weighted by atomic mass is 16.3. The van der Waals surface area contributed by atoms with Crippen LogP contribution in [0.25, 0.3) is 0 Å². The Kier molecular flexibility index (Phi) is 14.0. The second-order valence-corrected chi connectivity index (χ2v) is 4.87. The molecule has 0 aromatic heterocycles. The van der Waals surface area contributed by atoms with E-state index in [4.69, 9.17) is 6.92 Å². The van der Waals surface area contributed by atoms with E-state index < -0.39 is 0 Å². The predicted molar refractivity (Wildman–Crippen MR) is 80.4 cm³/mol. The third-order valence-electron chi connectivity index (χ3n) is 3.01. The Hall–Kier alpha value is -0.560. The number of aliphatic hydroxyl groups is 1. The minimum atomic E-state index is -0.289. The van der Waals surface area contributed by atoms with Crippen LogP contribution in [0.3, 0.4) is 0 Å². The highest BCUT2D eigenvalue weighted by Gasteiger charge is 1.97. The maximum absolute atomic E-state index is 9.70. The van der Waals surface area contributed by atoms with Gasteiger partial charge in [0.25, 0.3) is 0 Å². The SMILES string of the molecule is [CH]CCCCCC[C@H](O)/C=C/C=C\CCCCC. The van der Waals surface area contributed by atoms with E-state index in [0.717, 1.165) is 32.1 Å². The molecule has 0 spiro atoms. The van der Waals surface area contributed by atoms with Gasteiger partial charge in [0.2, 0.25) is 0 Å². The van der Waals surface area contributed by atoms with Crippen LogP contribution in [0.2, 0.25) is 0 Å². The Morgan fingerprint density at radius 1 is 1.00 bits per heavy atom. The molecular weight excluding hydrogens is 220 g/mol. The van der Waals surface area contributed by atoms with Crippen molar-refractivity contribution in [2.24, 2.45) is 0 Å². The minimum Gasteiger partial charge on any atom is -0.389 e. The number of aliphatic hydroxyl groups excluding tert-OH is 1. The minimum absolute atomic E-state index is 0.289. The molecule has 1 nitrogen and oxygen atoms in total. The molecular formula is C17H30O. The van der Waals surface area contributed by atoms with Crippen LogP contribution < -0.4 is 0 Å². The van der Waals surface area contributed by atoms with Gasteiger partial charge < -0.3 is 5.11 Å². The summed E-state index contributed by atoms with van der Waals surface area (Å²) in [5.74, 6) is 0. The van der Waals surface area contributed by atoms with E-state index in [0.29, 0.717) is 0 Å². The van der Waals surface area contributed by atoms with Crippen molar-refractivity contribution in [3.63, 3.8) is 0 Å². The molecule has 0 saturated carbocycles. The molecule has 1 heteroatoms. The van der Waals surface area contributed by atoms with E-state index in [1.165, 1.54) is 32.1 Å². The third kappa shape index (κ3) is 13.5. The molecule has 0 bridgehead atoms. The normalized spacial score (nSPS) is 13.7. The van der Waals surface area contributed by atoms with Crippen molar-refractivity contribution in [2.75, 3.05) is 0 Å². The molecule has 1 atom stereocenters. The van der Waals surface area contributed by atoms with Crippen LogP contribution in [0.15, 0.2) is 24.3 Å². The molecule has 0 fully saturated rings. The number of allylic oxidation sites excluding steroid dienone is 3. The van der Waals surface area contributed by atoms with E-state index >= 15 is 0 Å². The van der Waals surface area contributed by atoms with Crippen LogP contribution in [-0.4, -0.2) is 11.2 Å². The standard InChI is InChI=1S/C17H30O/c1-3-5-7-9-10-12-14-16-17(18)15-13-11-8-6-4-2/h2,10,12,14,16-18H,3-9,11,13,15H2,1H3/b12-10-,16-14+/t17-/m0/s1. The first-order chi connectivity index (χ1) is 8.81. The molecule has 2 radical (unpaired) electrons. The van der Waals surface area contributed by atoms with E-state index in [1.54, 1.807) is 0 Å². The quantitative estimate of drug-likeness (QED) is 0.378. The molecule has 0 aliphatic rings. The molecule has 1 N–H and O–H groups in total. The molecule has 0 heterocycles. The summed E-state index contributed by atoms with van der Waals surface area (Å²) >= 11 is 0. The van der Waals surface area contributed by atoms with Crippen molar-refractivity contribution >= 4 is 0 Å². The molecule has 0 saturated heterocycles. The zero-order chi connectivity index (χ0) is 13.5. The summed E-state index contributed by atoms with van der Waals surface area (Å²) in [6.45, 7) is 7.64. The van der Waals surface area contributed by atoms with Gasteiger partial charge >= 0.3 is 0 Å². The van der Waals surface area contributed by atoms with Crippen LogP contribution >= 0.6 is 0 Å². The zero-order valence-corrected chi connectivity index (χ0v) is 12.0. The summed E-state index contributed by atoms with van der Waals surface area (Å²) in [7, 11) is 0. The molecule has 0 rings (SSSR count). The highest BCUT2D eigenvalue weighted by molar-refractivity contribution is 5.04. The molecule has 104 valence electrons. The van der Waals surface area contributed by atoms with E-state index in [1.807, 2.05) is 18.2 Å². The van der Waals surface area contributed by atoms with Gasteiger partial charge in [-0.25, -0.2) is 0 Å². The lowest BCUT2D eigenvalue weighted by molar-refractivity contribution is 0.208. The van der Waals surface area contributed by atoms with E-state index in [-0.39, 0.29) is 6.10 Å². The van der Waals surface area contributed by atoms with Crippen molar-refractivity contribution < 1.29 is 5.11 Å². The van der Waals surface area contributed by atoms with Gasteiger partial charge in [-0.05, 0) is 32.6 Å². The van der Waals surface area contributed by atoms with Crippen LogP contribution in [0.1, 0.15) is 71.1 Å². The molecule has 0 aliphatic carbocycles. The van der Waals surface area contributed by atoms with Crippen molar-refractivity contribution in [3.05, 3.63) is 31.2 Å². The largest absolute Gasteiger partial charge is 0.389 e. The fourth-order valence-corrected chi connectivity index (χ4v) is 1.83. The summed E-state index contributed by atoms with van der Waals surface area (Å²) in [6, 6.07) is 0. The number of rotatable bonds is 12. The van der Waals surface area contributed by atoms with Gasteiger partial charge in [0.15, 0.2) is 0 Å². The third-order valence-corrected chi connectivity index (χ3v) is 3.01. The smallest absolute Gasteiger partial charge is 0.0723 e. The summed E-state index contributed by atoms with van der Waals surface area (Å²) in [5, 5.41) is 9.70. The van der Waals surface area contributed by atoms with E-state index in [2.05, 4.69) is 13.0 Å². The highest BCUT2D eigenvalue weighted by Crippen LogP contribution is 2.08. The van der Waals surface area contributed by atoms with Crippen molar-refractivity contribution in [1.82, 2.24) is 0 Å². The van der Waals surface area contributed by atoms with Gasteiger partial charge in [-0.2, -0.15) is 0 Å². The van der Waals surface area contributed by atoms with Crippen molar-refractivity contribution in [3.8, 4) is 0 Å². The molecule has 0 amide bonds. The molecule has 0 unspecified atom stereocenters.